The third-order valence-electron chi connectivity index (χ3n) is 5.58. The Morgan fingerprint density at radius 1 is 0.844 bits per heavy atom. The fourth-order valence-electron chi connectivity index (χ4n) is 3.90. The average Bonchev–Trinajstić information content (AvgIpc) is 3.15. The number of carbonyl (C=O) groups excluding carboxylic acids is 2. The van der Waals surface area contributed by atoms with Crippen molar-refractivity contribution in [1.82, 2.24) is 10.2 Å². The summed E-state index contributed by atoms with van der Waals surface area (Å²) in [7, 11) is 1.65. The van der Waals surface area contributed by atoms with Crippen molar-refractivity contribution in [2.24, 2.45) is 0 Å². The SMILES string of the molecule is CN(CCNC(=O)OCc1ccccc1)C(=O)OCC1c2ccccc2-c2ccccc21. The monoisotopic (exact) mass is 430 g/mol. The Kier molecular flexibility index (Phi) is 6.70. The van der Waals surface area contributed by atoms with Crippen LogP contribution in [-0.4, -0.2) is 43.8 Å². The maximum atomic E-state index is 12.5. The number of likely N-dealkylation sites (N-methyl/N-ethyl adjacent to an activating group) is 1. The predicted molar refractivity (Wildman–Crippen MR) is 122 cm³/mol. The standard InChI is InChI=1S/C26H26N2O4/c1-28(16-15-27-25(29)31-17-19-9-3-2-4-10-19)26(30)32-18-24-22-13-7-5-11-20(22)21-12-6-8-14-23(21)24/h2-14,24H,15-18H2,1H3,(H,27,29). The number of alkyl carbamates (subject to hydrolysis) is 1. The maximum absolute atomic E-state index is 12.5. The molecule has 3 aromatic carbocycles. The minimum Gasteiger partial charge on any atom is -0.448 e. The predicted octanol–water partition coefficient (Wildman–Crippen LogP) is 4.79. The second kappa shape index (κ2) is 10.0. The molecule has 0 fully saturated rings. The van der Waals surface area contributed by atoms with E-state index in [-0.39, 0.29) is 25.7 Å². The first-order valence-corrected chi connectivity index (χ1v) is 10.6. The van der Waals surface area contributed by atoms with E-state index in [2.05, 4.69) is 29.6 Å². The van der Waals surface area contributed by atoms with Crippen LogP contribution < -0.4 is 5.32 Å². The van der Waals surface area contributed by atoms with E-state index in [4.69, 9.17) is 9.47 Å². The molecule has 0 heterocycles. The molecule has 0 bridgehead atoms. The van der Waals surface area contributed by atoms with E-state index in [0.29, 0.717) is 6.54 Å². The Morgan fingerprint density at radius 2 is 1.44 bits per heavy atom. The highest BCUT2D eigenvalue weighted by Crippen LogP contribution is 2.44. The molecule has 0 radical (unpaired) electrons. The Hall–Kier alpha value is -3.80. The van der Waals surface area contributed by atoms with Crippen molar-refractivity contribution >= 4 is 12.2 Å². The Bertz CT molecular complexity index is 1040. The molecule has 2 amide bonds. The molecule has 1 aliphatic carbocycles. The van der Waals surface area contributed by atoms with E-state index in [0.717, 1.165) is 5.56 Å². The van der Waals surface area contributed by atoms with Crippen LogP contribution in [0.5, 0.6) is 0 Å². The second-order valence-corrected chi connectivity index (χ2v) is 7.71. The lowest BCUT2D eigenvalue weighted by atomic mass is 9.98. The first kappa shape index (κ1) is 21.4. The van der Waals surface area contributed by atoms with Crippen LogP contribution in [-0.2, 0) is 16.1 Å². The first-order valence-electron chi connectivity index (χ1n) is 10.6. The molecule has 0 aliphatic heterocycles. The quantitative estimate of drug-likeness (QED) is 0.585. The lowest BCUT2D eigenvalue weighted by molar-refractivity contribution is 0.107. The molecule has 0 aromatic heterocycles. The van der Waals surface area contributed by atoms with Crippen LogP contribution in [0.25, 0.3) is 11.1 Å². The number of hydrogen-bond acceptors (Lipinski definition) is 4. The van der Waals surface area contributed by atoms with Gasteiger partial charge in [-0.05, 0) is 27.8 Å². The van der Waals surface area contributed by atoms with E-state index in [9.17, 15) is 9.59 Å². The molecule has 0 saturated carbocycles. The number of rotatable bonds is 7. The fourth-order valence-corrected chi connectivity index (χ4v) is 3.90. The first-order chi connectivity index (χ1) is 15.6. The molecule has 3 aromatic rings. The average molecular weight is 431 g/mol. The number of hydrogen-bond donors (Lipinski definition) is 1. The normalized spacial score (nSPS) is 11.9. The molecule has 0 atom stereocenters. The highest BCUT2D eigenvalue weighted by atomic mass is 16.6. The summed E-state index contributed by atoms with van der Waals surface area (Å²) in [6, 6.07) is 25.9. The van der Waals surface area contributed by atoms with Gasteiger partial charge in [0.2, 0.25) is 0 Å². The van der Waals surface area contributed by atoms with Crippen LogP contribution >= 0.6 is 0 Å². The zero-order valence-corrected chi connectivity index (χ0v) is 18.0. The summed E-state index contributed by atoms with van der Waals surface area (Å²) in [5.41, 5.74) is 5.64. The van der Waals surface area contributed by atoms with E-state index in [1.165, 1.54) is 27.2 Å². The topological polar surface area (TPSA) is 67.9 Å². The van der Waals surface area contributed by atoms with Crippen LogP contribution in [0.4, 0.5) is 9.59 Å². The van der Waals surface area contributed by atoms with Gasteiger partial charge in [-0.2, -0.15) is 0 Å². The van der Waals surface area contributed by atoms with Crippen LogP contribution in [0.15, 0.2) is 78.9 Å². The number of nitrogens with zero attached hydrogens (tertiary/aromatic N) is 1. The van der Waals surface area contributed by atoms with Gasteiger partial charge < -0.3 is 19.7 Å². The molecule has 1 N–H and O–H groups in total. The summed E-state index contributed by atoms with van der Waals surface area (Å²) < 4.78 is 10.8. The van der Waals surface area contributed by atoms with Crippen LogP contribution in [0.3, 0.4) is 0 Å². The Labute approximate surface area is 187 Å². The number of fused-ring (bicyclic) bond motifs is 3. The summed E-state index contributed by atoms with van der Waals surface area (Å²) in [5.74, 6) is 0.0193. The number of benzene rings is 3. The van der Waals surface area contributed by atoms with Crippen molar-refractivity contribution in [2.45, 2.75) is 12.5 Å². The number of nitrogens with one attached hydrogen (secondary N) is 1. The summed E-state index contributed by atoms with van der Waals surface area (Å²) >= 11 is 0. The van der Waals surface area contributed by atoms with E-state index >= 15 is 0 Å². The minimum atomic E-state index is -0.519. The lowest BCUT2D eigenvalue weighted by Crippen LogP contribution is -2.37. The van der Waals surface area contributed by atoms with Gasteiger partial charge in [0.15, 0.2) is 0 Å². The summed E-state index contributed by atoms with van der Waals surface area (Å²) in [6.07, 6.45) is -0.943. The molecule has 0 spiro atoms. The summed E-state index contributed by atoms with van der Waals surface area (Å²) in [6.45, 7) is 1.06. The highest BCUT2D eigenvalue weighted by Gasteiger charge is 2.29. The van der Waals surface area contributed by atoms with Gasteiger partial charge in [-0.1, -0.05) is 78.9 Å². The van der Waals surface area contributed by atoms with Crippen molar-refractivity contribution < 1.29 is 19.1 Å². The van der Waals surface area contributed by atoms with Crippen LogP contribution in [0.1, 0.15) is 22.6 Å². The van der Waals surface area contributed by atoms with E-state index in [1.807, 2.05) is 54.6 Å². The molecule has 32 heavy (non-hydrogen) atoms. The third kappa shape index (κ3) is 4.91. The molecule has 164 valence electrons. The highest BCUT2D eigenvalue weighted by molar-refractivity contribution is 5.79. The molecular formula is C26H26N2O4. The van der Waals surface area contributed by atoms with Crippen molar-refractivity contribution in [1.29, 1.82) is 0 Å². The minimum absolute atomic E-state index is 0.0193. The zero-order valence-electron chi connectivity index (χ0n) is 18.0. The van der Waals surface area contributed by atoms with Gasteiger partial charge in [0.1, 0.15) is 13.2 Å². The number of amides is 2. The van der Waals surface area contributed by atoms with Crippen LogP contribution in [0, 0.1) is 0 Å². The number of ether oxygens (including phenoxy) is 2. The van der Waals surface area contributed by atoms with Gasteiger partial charge in [-0.3, -0.25) is 0 Å². The fraction of sp³-hybridized carbons (Fsp3) is 0.231. The van der Waals surface area contributed by atoms with Crippen molar-refractivity contribution in [3.05, 3.63) is 95.6 Å². The van der Waals surface area contributed by atoms with Gasteiger partial charge in [0.25, 0.3) is 0 Å². The van der Waals surface area contributed by atoms with Crippen molar-refractivity contribution in [2.75, 3.05) is 26.7 Å². The second-order valence-electron chi connectivity index (χ2n) is 7.71. The van der Waals surface area contributed by atoms with Crippen molar-refractivity contribution in [3.8, 4) is 11.1 Å². The zero-order chi connectivity index (χ0) is 22.3. The van der Waals surface area contributed by atoms with E-state index in [1.54, 1.807) is 7.05 Å². The third-order valence-corrected chi connectivity index (χ3v) is 5.58. The lowest BCUT2D eigenvalue weighted by Gasteiger charge is -2.20. The van der Waals surface area contributed by atoms with E-state index < -0.39 is 12.2 Å². The Morgan fingerprint density at radius 3 is 2.09 bits per heavy atom. The summed E-state index contributed by atoms with van der Waals surface area (Å²) in [5, 5.41) is 2.65. The van der Waals surface area contributed by atoms with Crippen LogP contribution in [0.2, 0.25) is 0 Å². The molecule has 6 heteroatoms. The van der Waals surface area contributed by atoms with Gasteiger partial charge in [0.05, 0.1) is 0 Å². The van der Waals surface area contributed by atoms with Crippen molar-refractivity contribution in [3.63, 3.8) is 0 Å². The number of carbonyl (C=O) groups is 2. The molecule has 4 rings (SSSR count). The van der Waals surface area contributed by atoms with Gasteiger partial charge in [-0.15, -0.1) is 0 Å². The molecular weight excluding hydrogens is 404 g/mol. The molecule has 6 nitrogen and oxygen atoms in total. The molecule has 0 unspecified atom stereocenters. The molecule has 0 saturated heterocycles. The van der Waals surface area contributed by atoms with Gasteiger partial charge in [0, 0.05) is 26.1 Å². The molecule has 1 aliphatic rings. The summed E-state index contributed by atoms with van der Waals surface area (Å²) in [4.78, 5) is 25.8. The Balaban J connectivity index is 1.23. The van der Waals surface area contributed by atoms with Gasteiger partial charge >= 0.3 is 12.2 Å². The smallest absolute Gasteiger partial charge is 0.409 e. The van der Waals surface area contributed by atoms with Gasteiger partial charge in [-0.25, -0.2) is 9.59 Å². The maximum Gasteiger partial charge on any atom is 0.409 e. The largest absolute Gasteiger partial charge is 0.448 e.